The molecule has 3 rings (SSSR count). The van der Waals surface area contributed by atoms with E-state index in [1.165, 1.54) is 0 Å². The molecule has 0 spiro atoms. The first-order valence-electron chi connectivity index (χ1n) is 6.96. The summed E-state index contributed by atoms with van der Waals surface area (Å²) in [6, 6.07) is 3.52. The number of hydrogen-bond acceptors (Lipinski definition) is 4. The van der Waals surface area contributed by atoms with Crippen molar-refractivity contribution >= 4 is 5.91 Å². The summed E-state index contributed by atoms with van der Waals surface area (Å²) in [4.78, 5) is 14.1. The Morgan fingerprint density at radius 2 is 2.32 bits per heavy atom. The van der Waals surface area contributed by atoms with E-state index in [1.54, 1.807) is 6.26 Å². The molecule has 0 aliphatic carbocycles. The predicted molar refractivity (Wildman–Crippen MR) is 69.3 cm³/mol. The lowest BCUT2D eigenvalue weighted by Crippen LogP contribution is -2.51. The minimum absolute atomic E-state index is 0.0646. The lowest BCUT2D eigenvalue weighted by molar-refractivity contribution is -0.140. The molecule has 3 unspecified atom stereocenters. The van der Waals surface area contributed by atoms with Crippen molar-refractivity contribution in [3.63, 3.8) is 0 Å². The Labute approximate surface area is 112 Å². The molecule has 1 amide bonds. The number of piperidine rings is 1. The van der Waals surface area contributed by atoms with Crippen LogP contribution in [0.15, 0.2) is 22.8 Å². The second kappa shape index (κ2) is 5.35. The molecule has 3 heterocycles. The number of furan rings is 1. The summed E-state index contributed by atoms with van der Waals surface area (Å²) < 4.78 is 11.1. The maximum Gasteiger partial charge on any atom is 0.223 e. The average Bonchev–Trinajstić information content (AvgIpc) is 3.06. The zero-order chi connectivity index (χ0) is 13.2. The van der Waals surface area contributed by atoms with Gasteiger partial charge in [0.25, 0.3) is 0 Å². The molecule has 2 N–H and O–H groups in total. The van der Waals surface area contributed by atoms with Gasteiger partial charge in [-0.05, 0) is 31.4 Å². The SMILES string of the molecule is NC1CCC(=O)N(CC2CCCO2)C1c1ccco1. The van der Waals surface area contributed by atoms with E-state index in [2.05, 4.69) is 0 Å². The number of carbonyl (C=O) groups excluding carboxylic acids is 1. The summed E-state index contributed by atoms with van der Waals surface area (Å²) in [7, 11) is 0. The monoisotopic (exact) mass is 264 g/mol. The summed E-state index contributed by atoms with van der Waals surface area (Å²) in [6.07, 6.45) is 5.10. The van der Waals surface area contributed by atoms with Crippen LogP contribution < -0.4 is 5.73 Å². The normalized spacial score (nSPS) is 31.9. The first-order chi connectivity index (χ1) is 9.25. The maximum atomic E-state index is 12.2. The van der Waals surface area contributed by atoms with Crippen LogP contribution in [0.5, 0.6) is 0 Å². The minimum atomic E-state index is -0.152. The summed E-state index contributed by atoms with van der Waals surface area (Å²) in [5.41, 5.74) is 6.20. The summed E-state index contributed by atoms with van der Waals surface area (Å²) >= 11 is 0. The Hall–Kier alpha value is -1.33. The highest BCUT2D eigenvalue weighted by atomic mass is 16.5. The van der Waals surface area contributed by atoms with Crippen molar-refractivity contribution < 1.29 is 13.9 Å². The van der Waals surface area contributed by atoms with Crippen LogP contribution in [0, 0.1) is 0 Å². The van der Waals surface area contributed by atoms with E-state index in [-0.39, 0.29) is 24.1 Å². The Bertz CT molecular complexity index is 426. The van der Waals surface area contributed by atoms with Crippen molar-refractivity contribution in [1.82, 2.24) is 4.90 Å². The standard InChI is InChI=1S/C14H20N2O3/c15-11-5-6-13(17)16(9-10-3-1-7-18-10)14(11)12-4-2-8-19-12/h2,4,8,10-11,14H,1,3,5-7,9,15H2. The van der Waals surface area contributed by atoms with Gasteiger partial charge in [0, 0.05) is 25.6 Å². The Morgan fingerprint density at radius 3 is 3.00 bits per heavy atom. The fourth-order valence-corrected chi connectivity index (χ4v) is 3.03. The highest BCUT2D eigenvalue weighted by Gasteiger charge is 2.38. The molecule has 0 radical (unpaired) electrons. The second-order valence-corrected chi connectivity index (χ2v) is 5.34. The molecule has 2 aliphatic heterocycles. The van der Waals surface area contributed by atoms with Crippen molar-refractivity contribution in [1.29, 1.82) is 0 Å². The van der Waals surface area contributed by atoms with Gasteiger partial charge < -0.3 is 19.8 Å². The highest BCUT2D eigenvalue weighted by Crippen LogP contribution is 2.32. The summed E-state index contributed by atoms with van der Waals surface area (Å²) in [5.74, 6) is 0.928. The summed E-state index contributed by atoms with van der Waals surface area (Å²) in [6.45, 7) is 1.42. The Balaban J connectivity index is 1.80. The molecule has 2 aliphatic rings. The van der Waals surface area contributed by atoms with Gasteiger partial charge in [0.05, 0.1) is 12.4 Å². The van der Waals surface area contributed by atoms with Crippen molar-refractivity contribution in [2.24, 2.45) is 5.73 Å². The van der Waals surface area contributed by atoms with Gasteiger partial charge in [-0.2, -0.15) is 0 Å². The molecule has 19 heavy (non-hydrogen) atoms. The average molecular weight is 264 g/mol. The topological polar surface area (TPSA) is 68.7 Å². The van der Waals surface area contributed by atoms with Crippen LogP contribution in [0.3, 0.4) is 0 Å². The second-order valence-electron chi connectivity index (χ2n) is 5.34. The van der Waals surface area contributed by atoms with Gasteiger partial charge in [0.2, 0.25) is 5.91 Å². The first kappa shape index (κ1) is 12.7. The third-order valence-corrected chi connectivity index (χ3v) is 4.01. The number of amides is 1. The number of likely N-dealkylation sites (tertiary alicyclic amines) is 1. The van der Waals surface area contributed by atoms with E-state index in [1.807, 2.05) is 17.0 Å². The van der Waals surface area contributed by atoms with Crippen molar-refractivity contribution in [3.8, 4) is 0 Å². The fraction of sp³-hybridized carbons (Fsp3) is 0.643. The first-order valence-corrected chi connectivity index (χ1v) is 6.96. The Kier molecular flexibility index (Phi) is 3.57. The molecule has 104 valence electrons. The van der Waals surface area contributed by atoms with E-state index in [0.717, 1.165) is 25.2 Å². The van der Waals surface area contributed by atoms with Crippen LogP contribution in [-0.2, 0) is 9.53 Å². The fourth-order valence-electron chi connectivity index (χ4n) is 3.03. The number of rotatable bonds is 3. The molecule has 2 saturated heterocycles. The number of ether oxygens (including phenoxy) is 1. The van der Waals surface area contributed by atoms with Crippen LogP contribution in [-0.4, -0.2) is 36.1 Å². The van der Waals surface area contributed by atoms with Gasteiger partial charge in [-0.1, -0.05) is 0 Å². The molecule has 0 saturated carbocycles. The van der Waals surface area contributed by atoms with Crippen LogP contribution in [0.4, 0.5) is 0 Å². The van der Waals surface area contributed by atoms with E-state index < -0.39 is 0 Å². The third kappa shape index (κ3) is 2.53. The zero-order valence-corrected chi connectivity index (χ0v) is 11.0. The largest absolute Gasteiger partial charge is 0.467 e. The number of hydrogen-bond donors (Lipinski definition) is 1. The van der Waals surface area contributed by atoms with E-state index in [9.17, 15) is 4.79 Å². The lowest BCUT2D eigenvalue weighted by atomic mass is 9.94. The van der Waals surface area contributed by atoms with Crippen LogP contribution in [0.1, 0.15) is 37.5 Å². The molecule has 3 atom stereocenters. The van der Waals surface area contributed by atoms with E-state index in [4.69, 9.17) is 14.9 Å². The molecule has 1 aromatic rings. The van der Waals surface area contributed by atoms with Crippen molar-refractivity contribution in [3.05, 3.63) is 24.2 Å². The summed E-state index contributed by atoms with van der Waals surface area (Å²) in [5, 5.41) is 0. The molecular formula is C14H20N2O3. The molecule has 0 bridgehead atoms. The van der Waals surface area contributed by atoms with E-state index >= 15 is 0 Å². The minimum Gasteiger partial charge on any atom is -0.467 e. The Morgan fingerprint density at radius 1 is 1.42 bits per heavy atom. The quantitative estimate of drug-likeness (QED) is 0.897. The van der Waals surface area contributed by atoms with Crippen LogP contribution in [0.25, 0.3) is 0 Å². The zero-order valence-electron chi connectivity index (χ0n) is 11.0. The van der Waals surface area contributed by atoms with Crippen LogP contribution >= 0.6 is 0 Å². The van der Waals surface area contributed by atoms with E-state index in [0.29, 0.717) is 19.4 Å². The van der Waals surface area contributed by atoms with Crippen molar-refractivity contribution in [2.75, 3.05) is 13.2 Å². The number of nitrogens with two attached hydrogens (primary N) is 1. The number of carbonyl (C=O) groups is 1. The van der Waals surface area contributed by atoms with Crippen molar-refractivity contribution in [2.45, 2.75) is 43.9 Å². The van der Waals surface area contributed by atoms with Gasteiger partial charge in [0.1, 0.15) is 11.8 Å². The van der Waals surface area contributed by atoms with Crippen LogP contribution in [0.2, 0.25) is 0 Å². The van der Waals surface area contributed by atoms with Gasteiger partial charge >= 0.3 is 0 Å². The molecular weight excluding hydrogens is 244 g/mol. The molecule has 1 aromatic heterocycles. The maximum absolute atomic E-state index is 12.2. The molecule has 5 nitrogen and oxygen atoms in total. The van der Waals surface area contributed by atoms with Gasteiger partial charge in [-0.15, -0.1) is 0 Å². The predicted octanol–water partition coefficient (Wildman–Crippen LogP) is 1.45. The lowest BCUT2D eigenvalue weighted by Gasteiger charge is -2.39. The van der Waals surface area contributed by atoms with Gasteiger partial charge in [-0.3, -0.25) is 4.79 Å². The molecule has 2 fully saturated rings. The van der Waals surface area contributed by atoms with Gasteiger partial charge in [0.15, 0.2) is 0 Å². The third-order valence-electron chi connectivity index (χ3n) is 4.01. The highest BCUT2D eigenvalue weighted by molar-refractivity contribution is 5.77. The molecule has 5 heteroatoms. The molecule has 0 aromatic carbocycles. The number of nitrogens with zero attached hydrogens (tertiary/aromatic N) is 1. The van der Waals surface area contributed by atoms with Gasteiger partial charge in [-0.25, -0.2) is 0 Å². The smallest absolute Gasteiger partial charge is 0.223 e.